The van der Waals surface area contributed by atoms with Crippen molar-refractivity contribution in [1.29, 1.82) is 0 Å². The van der Waals surface area contributed by atoms with Gasteiger partial charge in [0.15, 0.2) is 6.29 Å². The van der Waals surface area contributed by atoms with E-state index < -0.39 is 0 Å². The van der Waals surface area contributed by atoms with Gasteiger partial charge in [0.25, 0.3) is 0 Å². The van der Waals surface area contributed by atoms with Crippen LogP contribution in [0.15, 0.2) is 0 Å². The number of rotatable bonds is 6. The molecule has 3 atom stereocenters. The first-order valence-electron chi connectivity index (χ1n) is 6.35. The van der Waals surface area contributed by atoms with Gasteiger partial charge in [-0.15, -0.1) is 0 Å². The van der Waals surface area contributed by atoms with E-state index in [9.17, 15) is 0 Å². The van der Waals surface area contributed by atoms with Gasteiger partial charge in [0.05, 0.1) is 12.7 Å². The Bertz CT molecular complexity index is 168. The fourth-order valence-corrected chi connectivity index (χ4v) is 2.03. The Morgan fingerprint density at radius 2 is 1.93 bits per heavy atom. The Kier molecular flexibility index (Phi) is 5.62. The third kappa shape index (κ3) is 5.53. The van der Waals surface area contributed by atoms with Gasteiger partial charge in [0.1, 0.15) is 0 Å². The zero-order valence-electron chi connectivity index (χ0n) is 10.7. The molecule has 0 aromatic heterocycles. The monoisotopic (exact) mass is 214 g/mol. The molecule has 1 fully saturated rings. The van der Waals surface area contributed by atoms with Crippen LogP contribution in [0, 0.1) is 11.8 Å². The molecule has 2 heteroatoms. The fraction of sp³-hybridized carbons (Fsp3) is 1.00. The lowest BCUT2D eigenvalue weighted by Crippen LogP contribution is -2.13. The van der Waals surface area contributed by atoms with Crippen molar-refractivity contribution in [3.63, 3.8) is 0 Å². The van der Waals surface area contributed by atoms with Crippen molar-refractivity contribution in [3.05, 3.63) is 0 Å². The van der Waals surface area contributed by atoms with E-state index in [-0.39, 0.29) is 12.4 Å². The van der Waals surface area contributed by atoms with Crippen molar-refractivity contribution in [2.75, 3.05) is 6.61 Å². The van der Waals surface area contributed by atoms with Crippen LogP contribution >= 0.6 is 0 Å². The van der Waals surface area contributed by atoms with Gasteiger partial charge in [-0.05, 0) is 18.8 Å². The molecule has 0 bridgehead atoms. The molecule has 0 aromatic carbocycles. The molecule has 0 aromatic rings. The average molecular weight is 214 g/mol. The second-order valence-corrected chi connectivity index (χ2v) is 5.38. The van der Waals surface area contributed by atoms with Crippen molar-refractivity contribution in [1.82, 2.24) is 0 Å². The topological polar surface area (TPSA) is 18.5 Å². The van der Waals surface area contributed by atoms with Crippen LogP contribution in [0.25, 0.3) is 0 Å². The van der Waals surface area contributed by atoms with Gasteiger partial charge in [0.2, 0.25) is 0 Å². The van der Waals surface area contributed by atoms with E-state index in [4.69, 9.17) is 9.47 Å². The summed E-state index contributed by atoms with van der Waals surface area (Å²) in [5, 5.41) is 0. The molecule has 0 aliphatic carbocycles. The number of hydrogen-bond donors (Lipinski definition) is 0. The van der Waals surface area contributed by atoms with Crippen LogP contribution in [-0.2, 0) is 9.47 Å². The van der Waals surface area contributed by atoms with Crippen molar-refractivity contribution in [2.45, 2.75) is 65.8 Å². The van der Waals surface area contributed by atoms with Crippen LogP contribution in [0.2, 0.25) is 0 Å². The first kappa shape index (κ1) is 13.0. The van der Waals surface area contributed by atoms with E-state index in [0.717, 1.165) is 24.9 Å². The van der Waals surface area contributed by atoms with E-state index in [0.29, 0.717) is 0 Å². The highest BCUT2D eigenvalue weighted by Gasteiger charge is 2.23. The summed E-state index contributed by atoms with van der Waals surface area (Å²) in [4.78, 5) is 0. The van der Waals surface area contributed by atoms with Crippen LogP contribution in [-0.4, -0.2) is 19.0 Å². The minimum Gasteiger partial charge on any atom is -0.350 e. The minimum absolute atomic E-state index is 0.0639. The quantitative estimate of drug-likeness (QED) is 0.672. The van der Waals surface area contributed by atoms with Crippen LogP contribution in [0.1, 0.15) is 53.4 Å². The zero-order chi connectivity index (χ0) is 11.3. The predicted octanol–water partition coefficient (Wildman–Crippen LogP) is 3.60. The Balaban J connectivity index is 2.05. The van der Waals surface area contributed by atoms with Gasteiger partial charge < -0.3 is 9.47 Å². The van der Waals surface area contributed by atoms with Gasteiger partial charge in [-0.2, -0.15) is 0 Å². The van der Waals surface area contributed by atoms with Crippen LogP contribution < -0.4 is 0 Å². The van der Waals surface area contributed by atoms with Gasteiger partial charge >= 0.3 is 0 Å². The molecular formula is C13H26O2. The molecule has 0 saturated carbocycles. The maximum Gasteiger partial charge on any atom is 0.158 e. The Labute approximate surface area is 94.3 Å². The number of ether oxygens (including phenoxy) is 2. The van der Waals surface area contributed by atoms with Crippen molar-refractivity contribution in [3.8, 4) is 0 Å². The van der Waals surface area contributed by atoms with E-state index in [1.807, 2.05) is 0 Å². The lowest BCUT2D eigenvalue weighted by atomic mass is 9.97. The predicted molar refractivity (Wildman–Crippen MR) is 62.8 cm³/mol. The highest BCUT2D eigenvalue weighted by atomic mass is 16.7. The van der Waals surface area contributed by atoms with Crippen LogP contribution in [0.5, 0.6) is 0 Å². The summed E-state index contributed by atoms with van der Waals surface area (Å²) < 4.78 is 11.2. The largest absolute Gasteiger partial charge is 0.350 e. The van der Waals surface area contributed by atoms with E-state index in [1.165, 1.54) is 19.3 Å². The third-order valence-corrected chi connectivity index (χ3v) is 2.97. The summed E-state index contributed by atoms with van der Waals surface area (Å²) in [6.45, 7) is 9.72. The standard InChI is InChI=1S/C13H26O2/c1-10(2)6-5-7-11(3)8-13-14-9-12(4)15-13/h10-13H,5-9H2,1-4H3/t11-,12?,13?/m1/s1. The van der Waals surface area contributed by atoms with Crippen molar-refractivity contribution >= 4 is 0 Å². The molecule has 1 saturated heterocycles. The van der Waals surface area contributed by atoms with E-state index in [2.05, 4.69) is 27.7 Å². The SMILES string of the molecule is CC(C)CCC[C@@H](C)CC1OCC(C)O1. The zero-order valence-corrected chi connectivity index (χ0v) is 10.7. The maximum absolute atomic E-state index is 5.64. The molecule has 1 heterocycles. The highest BCUT2D eigenvalue weighted by molar-refractivity contribution is 4.64. The van der Waals surface area contributed by atoms with Gasteiger partial charge in [0, 0.05) is 6.42 Å². The molecule has 90 valence electrons. The summed E-state index contributed by atoms with van der Waals surface area (Å²) in [5.41, 5.74) is 0. The second-order valence-electron chi connectivity index (χ2n) is 5.38. The first-order chi connectivity index (χ1) is 7.08. The summed E-state index contributed by atoms with van der Waals surface area (Å²) in [7, 11) is 0. The molecule has 0 amide bonds. The van der Waals surface area contributed by atoms with E-state index >= 15 is 0 Å². The van der Waals surface area contributed by atoms with Crippen LogP contribution in [0.3, 0.4) is 0 Å². The molecule has 0 spiro atoms. The molecule has 2 nitrogen and oxygen atoms in total. The molecular weight excluding hydrogens is 188 g/mol. The van der Waals surface area contributed by atoms with Crippen molar-refractivity contribution < 1.29 is 9.47 Å². The molecule has 15 heavy (non-hydrogen) atoms. The third-order valence-electron chi connectivity index (χ3n) is 2.97. The summed E-state index contributed by atoms with van der Waals surface area (Å²) >= 11 is 0. The highest BCUT2D eigenvalue weighted by Crippen LogP contribution is 2.22. The fourth-order valence-electron chi connectivity index (χ4n) is 2.03. The second kappa shape index (κ2) is 6.49. The summed E-state index contributed by atoms with van der Waals surface area (Å²) in [6, 6.07) is 0. The minimum atomic E-state index is 0.0639. The van der Waals surface area contributed by atoms with E-state index in [1.54, 1.807) is 0 Å². The average Bonchev–Trinajstić information content (AvgIpc) is 2.50. The Morgan fingerprint density at radius 1 is 1.20 bits per heavy atom. The van der Waals surface area contributed by atoms with Gasteiger partial charge in [-0.3, -0.25) is 0 Å². The summed E-state index contributed by atoms with van der Waals surface area (Å²) in [6.07, 6.45) is 5.39. The Morgan fingerprint density at radius 3 is 2.47 bits per heavy atom. The number of hydrogen-bond acceptors (Lipinski definition) is 2. The van der Waals surface area contributed by atoms with Gasteiger partial charge in [-0.1, -0.05) is 40.0 Å². The lowest BCUT2D eigenvalue weighted by molar-refractivity contribution is -0.0681. The molecule has 0 radical (unpaired) electrons. The molecule has 0 N–H and O–H groups in total. The molecule has 2 unspecified atom stereocenters. The first-order valence-corrected chi connectivity index (χ1v) is 6.35. The van der Waals surface area contributed by atoms with Crippen LogP contribution in [0.4, 0.5) is 0 Å². The summed E-state index contributed by atoms with van der Waals surface area (Å²) in [5.74, 6) is 1.55. The lowest BCUT2D eigenvalue weighted by Gasteiger charge is -2.16. The maximum atomic E-state index is 5.64. The normalized spacial score (nSPS) is 28.6. The molecule has 1 aliphatic rings. The smallest absolute Gasteiger partial charge is 0.158 e. The van der Waals surface area contributed by atoms with Crippen molar-refractivity contribution in [2.24, 2.45) is 11.8 Å². The molecule has 1 aliphatic heterocycles. The van der Waals surface area contributed by atoms with Gasteiger partial charge in [-0.25, -0.2) is 0 Å². The Hall–Kier alpha value is -0.0800. The molecule has 1 rings (SSSR count).